The van der Waals surface area contributed by atoms with Crippen LogP contribution in [0.2, 0.25) is 0 Å². The van der Waals surface area contributed by atoms with Crippen LogP contribution in [-0.2, 0) is 0 Å². The van der Waals surface area contributed by atoms with Crippen molar-refractivity contribution in [2.75, 3.05) is 0 Å². The Morgan fingerprint density at radius 2 is 1.41 bits per heavy atom. The molecule has 3 aromatic heterocycles. The molecule has 0 saturated carbocycles. The first-order chi connectivity index (χ1) is 15.9. The molecule has 0 fully saturated rings. The highest BCUT2D eigenvalue weighted by Crippen LogP contribution is 2.36. The van der Waals surface area contributed by atoms with Crippen molar-refractivity contribution in [2.45, 2.75) is 0 Å². The number of hydrogen-bond acceptors (Lipinski definition) is 3. The third kappa shape index (κ3) is 2.53. The summed E-state index contributed by atoms with van der Waals surface area (Å²) >= 11 is 1.78. The van der Waals surface area contributed by atoms with Gasteiger partial charge in [-0.2, -0.15) is 0 Å². The van der Waals surface area contributed by atoms with E-state index in [9.17, 15) is 0 Å². The molecule has 4 heteroatoms. The van der Waals surface area contributed by atoms with Crippen molar-refractivity contribution in [3.63, 3.8) is 0 Å². The maximum atomic E-state index is 5.14. The van der Waals surface area contributed by atoms with Crippen LogP contribution in [0.5, 0.6) is 0 Å². The van der Waals surface area contributed by atoms with Crippen LogP contribution < -0.4 is 0 Å². The van der Waals surface area contributed by atoms with E-state index in [0.29, 0.717) is 5.95 Å². The molecule has 7 aromatic rings. The standard InChI is InChI=1S/C28H17N3S/c1-2-8-18(9-3-1)27-21-11-4-6-12-23(21)29-28(30-27)31-24-13-7-5-10-20(24)22-17-26-19(14-15-32-26)16-25(22)31/h1-17H. The Bertz CT molecular complexity index is 1780. The summed E-state index contributed by atoms with van der Waals surface area (Å²) in [6, 6.07) is 33.9. The van der Waals surface area contributed by atoms with Crippen molar-refractivity contribution in [2.24, 2.45) is 0 Å². The zero-order valence-corrected chi connectivity index (χ0v) is 17.9. The average molecular weight is 428 g/mol. The number of fused-ring (bicyclic) bond motifs is 5. The van der Waals surface area contributed by atoms with Crippen LogP contribution in [0.25, 0.3) is 60.0 Å². The summed E-state index contributed by atoms with van der Waals surface area (Å²) in [4.78, 5) is 10.2. The van der Waals surface area contributed by atoms with Crippen molar-refractivity contribution < 1.29 is 0 Å². The first kappa shape index (κ1) is 17.6. The van der Waals surface area contributed by atoms with E-state index in [1.165, 1.54) is 20.9 Å². The smallest absolute Gasteiger partial charge is 0.235 e. The Hall–Kier alpha value is -4.02. The van der Waals surface area contributed by atoms with Crippen LogP contribution in [0.1, 0.15) is 0 Å². The fourth-order valence-corrected chi connectivity index (χ4v) is 5.43. The van der Waals surface area contributed by atoms with E-state index in [1.807, 2.05) is 18.2 Å². The largest absolute Gasteiger partial charge is 0.278 e. The molecule has 7 rings (SSSR count). The van der Waals surface area contributed by atoms with E-state index in [1.54, 1.807) is 11.3 Å². The predicted molar refractivity (Wildman–Crippen MR) is 135 cm³/mol. The lowest BCUT2D eigenvalue weighted by Crippen LogP contribution is -2.03. The maximum absolute atomic E-state index is 5.14. The number of thiophene rings is 1. The van der Waals surface area contributed by atoms with E-state index >= 15 is 0 Å². The Morgan fingerprint density at radius 3 is 2.31 bits per heavy atom. The highest BCUT2D eigenvalue weighted by molar-refractivity contribution is 7.17. The topological polar surface area (TPSA) is 30.7 Å². The molecule has 150 valence electrons. The fraction of sp³-hybridized carbons (Fsp3) is 0. The van der Waals surface area contributed by atoms with Gasteiger partial charge in [0.25, 0.3) is 0 Å². The molecule has 0 saturated heterocycles. The SMILES string of the molecule is c1ccc(-c2nc(-n3c4ccccc4c4cc5sccc5cc43)nc3ccccc23)cc1. The first-order valence-electron chi connectivity index (χ1n) is 10.6. The van der Waals surface area contributed by atoms with Gasteiger partial charge in [-0.05, 0) is 41.1 Å². The number of para-hydroxylation sites is 2. The number of nitrogens with zero attached hydrogens (tertiary/aromatic N) is 3. The molecule has 0 aliphatic carbocycles. The van der Waals surface area contributed by atoms with Gasteiger partial charge >= 0.3 is 0 Å². The Labute approximate surface area is 188 Å². The number of rotatable bonds is 2. The summed E-state index contributed by atoms with van der Waals surface area (Å²) in [5, 5.41) is 6.90. The average Bonchev–Trinajstić information content (AvgIpc) is 3.44. The van der Waals surface area contributed by atoms with Crippen LogP contribution in [-0.4, -0.2) is 14.5 Å². The minimum absolute atomic E-state index is 0.698. The van der Waals surface area contributed by atoms with Gasteiger partial charge in [0.2, 0.25) is 5.95 Å². The summed E-state index contributed by atoms with van der Waals surface area (Å²) in [5.74, 6) is 0.698. The normalized spacial score (nSPS) is 11.8. The second kappa shape index (κ2) is 6.74. The summed E-state index contributed by atoms with van der Waals surface area (Å²) in [5.41, 5.74) is 5.24. The molecular weight excluding hydrogens is 410 g/mol. The lowest BCUT2D eigenvalue weighted by molar-refractivity contribution is 1.01. The second-order valence-corrected chi connectivity index (χ2v) is 8.88. The molecule has 0 unspecified atom stereocenters. The number of hydrogen-bond donors (Lipinski definition) is 0. The van der Waals surface area contributed by atoms with Crippen molar-refractivity contribution in [1.82, 2.24) is 14.5 Å². The predicted octanol–water partition coefficient (Wildman–Crippen LogP) is 7.61. The quantitative estimate of drug-likeness (QED) is 0.284. The molecule has 0 aliphatic heterocycles. The van der Waals surface area contributed by atoms with E-state index in [2.05, 4.69) is 88.8 Å². The lowest BCUT2D eigenvalue weighted by Gasteiger charge is -2.11. The van der Waals surface area contributed by atoms with Crippen molar-refractivity contribution in [3.05, 3.63) is 102 Å². The van der Waals surface area contributed by atoms with Crippen molar-refractivity contribution in [3.8, 4) is 17.2 Å². The molecule has 0 amide bonds. The molecule has 0 aliphatic rings. The molecule has 0 bridgehead atoms. The van der Waals surface area contributed by atoms with Crippen LogP contribution in [0.4, 0.5) is 0 Å². The number of benzene rings is 4. The molecule has 32 heavy (non-hydrogen) atoms. The van der Waals surface area contributed by atoms with E-state index in [4.69, 9.17) is 9.97 Å². The van der Waals surface area contributed by atoms with Gasteiger partial charge < -0.3 is 0 Å². The van der Waals surface area contributed by atoms with Gasteiger partial charge in [0.1, 0.15) is 0 Å². The minimum atomic E-state index is 0.698. The number of aromatic nitrogens is 3. The Balaban J connectivity index is 1.64. The van der Waals surface area contributed by atoms with Gasteiger partial charge in [-0.1, -0.05) is 66.7 Å². The van der Waals surface area contributed by atoms with Gasteiger partial charge in [-0.15, -0.1) is 11.3 Å². The van der Waals surface area contributed by atoms with E-state index in [0.717, 1.165) is 33.2 Å². The lowest BCUT2D eigenvalue weighted by atomic mass is 10.1. The monoisotopic (exact) mass is 427 g/mol. The van der Waals surface area contributed by atoms with Crippen LogP contribution >= 0.6 is 11.3 Å². The zero-order chi connectivity index (χ0) is 21.1. The maximum Gasteiger partial charge on any atom is 0.235 e. The van der Waals surface area contributed by atoms with E-state index < -0.39 is 0 Å². The second-order valence-electron chi connectivity index (χ2n) is 7.94. The van der Waals surface area contributed by atoms with Crippen molar-refractivity contribution in [1.29, 1.82) is 0 Å². The summed E-state index contributed by atoms with van der Waals surface area (Å²) in [6.07, 6.45) is 0. The Morgan fingerprint density at radius 1 is 0.625 bits per heavy atom. The van der Waals surface area contributed by atoms with Gasteiger partial charge in [0.05, 0.1) is 22.2 Å². The third-order valence-electron chi connectivity index (χ3n) is 6.09. The fourth-order valence-electron chi connectivity index (χ4n) is 4.62. The third-order valence-corrected chi connectivity index (χ3v) is 6.97. The molecule has 0 N–H and O–H groups in total. The molecule has 3 nitrogen and oxygen atoms in total. The highest BCUT2D eigenvalue weighted by atomic mass is 32.1. The van der Waals surface area contributed by atoms with Crippen LogP contribution in [0.3, 0.4) is 0 Å². The summed E-state index contributed by atoms with van der Waals surface area (Å²) in [7, 11) is 0. The minimum Gasteiger partial charge on any atom is -0.278 e. The van der Waals surface area contributed by atoms with E-state index in [-0.39, 0.29) is 0 Å². The molecular formula is C28H17N3S. The highest BCUT2D eigenvalue weighted by Gasteiger charge is 2.17. The molecule has 0 radical (unpaired) electrons. The van der Waals surface area contributed by atoms with Gasteiger partial charge in [0, 0.05) is 26.4 Å². The first-order valence-corrected chi connectivity index (χ1v) is 11.5. The van der Waals surface area contributed by atoms with Crippen LogP contribution in [0.15, 0.2) is 102 Å². The summed E-state index contributed by atoms with van der Waals surface area (Å²) in [6.45, 7) is 0. The zero-order valence-electron chi connectivity index (χ0n) is 17.1. The molecule has 0 atom stereocenters. The van der Waals surface area contributed by atoms with Gasteiger partial charge in [-0.3, -0.25) is 4.57 Å². The van der Waals surface area contributed by atoms with Gasteiger partial charge in [0.15, 0.2) is 0 Å². The van der Waals surface area contributed by atoms with Gasteiger partial charge in [-0.25, -0.2) is 9.97 Å². The van der Waals surface area contributed by atoms with Crippen LogP contribution in [0, 0.1) is 0 Å². The Kier molecular flexibility index (Phi) is 3.72. The summed E-state index contributed by atoms with van der Waals surface area (Å²) < 4.78 is 3.51. The molecule has 4 aromatic carbocycles. The molecule has 0 spiro atoms. The molecule has 3 heterocycles. The van der Waals surface area contributed by atoms with Crippen molar-refractivity contribution >= 4 is 54.1 Å².